The van der Waals surface area contributed by atoms with E-state index in [9.17, 15) is 14.3 Å². The Balaban J connectivity index is 2.07. The summed E-state index contributed by atoms with van der Waals surface area (Å²) in [4.78, 5) is 18.8. The van der Waals surface area contributed by atoms with Crippen LogP contribution in [0.1, 0.15) is 37.2 Å². The number of hydrogen-bond acceptors (Lipinski definition) is 3. The molecule has 1 aromatic carbocycles. The van der Waals surface area contributed by atoms with E-state index in [0.29, 0.717) is 11.1 Å². The molecule has 6 heteroatoms. The van der Waals surface area contributed by atoms with Gasteiger partial charge >= 0.3 is 0 Å². The second-order valence-corrected chi connectivity index (χ2v) is 5.73. The first-order valence-corrected chi connectivity index (χ1v) is 7.22. The molecule has 0 spiro atoms. The topological polar surface area (TPSA) is 66.0 Å². The van der Waals surface area contributed by atoms with Gasteiger partial charge in [0.1, 0.15) is 11.6 Å². The highest BCUT2D eigenvalue weighted by molar-refractivity contribution is 6.30. The molecule has 1 heterocycles. The summed E-state index contributed by atoms with van der Waals surface area (Å²) in [7, 11) is 0. The molecule has 110 valence electrons. The van der Waals surface area contributed by atoms with Crippen LogP contribution >= 0.6 is 11.6 Å². The first-order chi connectivity index (χ1) is 10.0. The van der Waals surface area contributed by atoms with Gasteiger partial charge in [-0.05, 0) is 37.0 Å². The van der Waals surface area contributed by atoms with E-state index >= 15 is 0 Å². The fraction of sp³-hybridized carbons (Fsp3) is 0.333. The zero-order valence-electron chi connectivity index (χ0n) is 11.2. The summed E-state index contributed by atoms with van der Waals surface area (Å²) >= 11 is 5.79. The number of H-pyrrole nitrogens is 1. The Morgan fingerprint density at radius 1 is 1.29 bits per heavy atom. The SMILES string of the molecule is O=c1[nH]c(-c2cc(F)cc(Cl)c2)nc(O)c1C1CCCC1. The summed E-state index contributed by atoms with van der Waals surface area (Å²) in [6.45, 7) is 0. The Morgan fingerprint density at radius 3 is 2.62 bits per heavy atom. The zero-order valence-corrected chi connectivity index (χ0v) is 12.0. The number of halogens is 2. The Kier molecular flexibility index (Phi) is 3.68. The van der Waals surface area contributed by atoms with Crippen LogP contribution in [0.15, 0.2) is 23.0 Å². The number of nitrogens with zero attached hydrogens (tertiary/aromatic N) is 1. The Morgan fingerprint density at radius 2 is 2.00 bits per heavy atom. The predicted octanol–water partition coefficient (Wildman–Crippen LogP) is 3.59. The molecule has 0 radical (unpaired) electrons. The van der Waals surface area contributed by atoms with Crippen molar-refractivity contribution >= 4 is 11.6 Å². The van der Waals surface area contributed by atoms with Crippen molar-refractivity contribution in [3.8, 4) is 17.3 Å². The van der Waals surface area contributed by atoms with Crippen molar-refractivity contribution in [1.82, 2.24) is 9.97 Å². The molecule has 1 aromatic heterocycles. The van der Waals surface area contributed by atoms with Gasteiger partial charge in [0.15, 0.2) is 0 Å². The molecule has 1 aliphatic carbocycles. The number of aromatic amines is 1. The smallest absolute Gasteiger partial charge is 0.258 e. The van der Waals surface area contributed by atoms with Gasteiger partial charge in [-0.15, -0.1) is 0 Å². The normalized spacial score (nSPS) is 15.5. The lowest BCUT2D eigenvalue weighted by molar-refractivity contribution is 0.436. The van der Waals surface area contributed by atoms with Crippen molar-refractivity contribution in [2.24, 2.45) is 0 Å². The molecule has 0 amide bonds. The van der Waals surface area contributed by atoms with E-state index in [0.717, 1.165) is 31.7 Å². The minimum Gasteiger partial charge on any atom is -0.493 e. The van der Waals surface area contributed by atoms with E-state index in [2.05, 4.69) is 9.97 Å². The van der Waals surface area contributed by atoms with Crippen molar-refractivity contribution in [1.29, 1.82) is 0 Å². The van der Waals surface area contributed by atoms with Gasteiger partial charge in [-0.2, -0.15) is 4.98 Å². The Hall–Kier alpha value is -1.88. The molecule has 0 atom stereocenters. The van der Waals surface area contributed by atoms with Crippen LogP contribution in [0.5, 0.6) is 5.88 Å². The average molecular weight is 309 g/mol. The molecular weight excluding hydrogens is 295 g/mol. The highest BCUT2D eigenvalue weighted by Gasteiger charge is 2.24. The molecule has 2 N–H and O–H groups in total. The average Bonchev–Trinajstić information content (AvgIpc) is 2.90. The first kappa shape index (κ1) is 14.1. The number of rotatable bonds is 2. The van der Waals surface area contributed by atoms with E-state index in [4.69, 9.17) is 11.6 Å². The van der Waals surface area contributed by atoms with E-state index < -0.39 is 5.82 Å². The Bertz CT molecular complexity index is 719. The highest BCUT2D eigenvalue weighted by atomic mass is 35.5. The van der Waals surface area contributed by atoms with Crippen molar-refractivity contribution in [2.75, 3.05) is 0 Å². The maximum Gasteiger partial charge on any atom is 0.258 e. The summed E-state index contributed by atoms with van der Waals surface area (Å²) in [6.07, 6.45) is 3.85. The molecular formula is C15H14ClFN2O2. The summed E-state index contributed by atoms with van der Waals surface area (Å²) < 4.78 is 13.4. The van der Waals surface area contributed by atoms with Crippen LogP contribution < -0.4 is 5.56 Å². The quantitative estimate of drug-likeness (QED) is 0.891. The largest absolute Gasteiger partial charge is 0.493 e. The number of hydrogen-bond donors (Lipinski definition) is 2. The Labute approximate surface area is 125 Å². The first-order valence-electron chi connectivity index (χ1n) is 6.84. The molecule has 0 aliphatic heterocycles. The van der Waals surface area contributed by atoms with Gasteiger partial charge in [0.2, 0.25) is 5.88 Å². The van der Waals surface area contributed by atoms with E-state index in [1.165, 1.54) is 12.1 Å². The molecule has 0 bridgehead atoms. The predicted molar refractivity (Wildman–Crippen MR) is 78.1 cm³/mol. The summed E-state index contributed by atoms with van der Waals surface area (Å²) in [5.41, 5.74) is 0.286. The molecule has 3 rings (SSSR count). The van der Waals surface area contributed by atoms with Crippen LogP contribution in [-0.2, 0) is 0 Å². The lowest BCUT2D eigenvalue weighted by Gasteiger charge is -2.11. The number of benzene rings is 1. The number of aromatic nitrogens is 2. The number of nitrogens with one attached hydrogen (secondary N) is 1. The van der Waals surface area contributed by atoms with Crippen LogP contribution in [0, 0.1) is 5.82 Å². The molecule has 21 heavy (non-hydrogen) atoms. The second kappa shape index (κ2) is 5.48. The van der Waals surface area contributed by atoms with Crippen LogP contribution in [0.3, 0.4) is 0 Å². The molecule has 1 fully saturated rings. The van der Waals surface area contributed by atoms with Crippen molar-refractivity contribution < 1.29 is 9.50 Å². The van der Waals surface area contributed by atoms with Crippen molar-refractivity contribution in [3.05, 3.63) is 45.0 Å². The minimum absolute atomic E-state index is 0.0476. The molecule has 2 aromatic rings. The second-order valence-electron chi connectivity index (χ2n) is 5.29. The van der Waals surface area contributed by atoms with E-state index in [1.807, 2.05) is 0 Å². The zero-order chi connectivity index (χ0) is 15.0. The van der Waals surface area contributed by atoms with Crippen LogP contribution in [0.2, 0.25) is 5.02 Å². The van der Waals surface area contributed by atoms with Gasteiger partial charge in [-0.1, -0.05) is 24.4 Å². The monoisotopic (exact) mass is 308 g/mol. The third-order valence-corrected chi connectivity index (χ3v) is 4.05. The maximum atomic E-state index is 13.4. The van der Waals surface area contributed by atoms with E-state index in [-0.39, 0.29) is 28.2 Å². The molecule has 1 saturated carbocycles. The van der Waals surface area contributed by atoms with Gasteiger partial charge in [-0.25, -0.2) is 4.39 Å². The minimum atomic E-state index is -0.528. The van der Waals surface area contributed by atoms with Gasteiger partial charge in [0, 0.05) is 10.6 Å². The molecule has 4 nitrogen and oxygen atoms in total. The lowest BCUT2D eigenvalue weighted by Crippen LogP contribution is -2.17. The van der Waals surface area contributed by atoms with Crippen LogP contribution in [0.25, 0.3) is 11.4 Å². The molecule has 0 unspecified atom stereocenters. The fourth-order valence-electron chi connectivity index (χ4n) is 2.88. The van der Waals surface area contributed by atoms with Gasteiger partial charge in [-0.3, -0.25) is 4.79 Å². The van der Waals surface area contributed by atoms with Crippen molar-refractivity contribution in [3.63, 3.8) is 0 Å². The molecule has 1 aliphatic rings. The highest BCUT2D eigenvalue weighted by Crippen LogP contribution is 2.36. The summed E-state index contributed by atoms with van der Waals surface area (Å²) in [6, 6.07) is 3.85. The van der Waals surface area contributed by atoms with Crippen LogP contribution in [0.4, 0.5) is 4.39 Å². The number of aromatic hydroxyl groups is 1. The summed E-state index contributed by atoms with van der Waals surface area (Å²) in [5.74, 6) is -0.646. The third-order valence-electron chi connectivity index (χ3n) is 3.83. The van der Waals surface area contributed by atoms with Gasteiger partial charge in [0.05, 0.1) is 5.56 Å². The summed E-state index contributed by atoms with van der Waals surface area (Å²) in [5, 5.41) is 10.3. The van der Waals surface area contributed by atoms with Crippen LogP contribution in [-0.4, -0.2) is 15.1 Å². The van der Waals surface area contributed by atoms with Gasteiger partial charge in [0.25, 0.3) is 5.56 Å². The van der Waals surface area contributed by atoms with E-state index in [1.54, 1.807) is 0 Å². The van der Waals surface area contributed by atoms with Crippen molar-refractivity contribution in [2.45, 2.75) is 31.6 Å². The van der Waals surface area contributed by atoms with Gasteiger partial charge < -0.3 is 10.1 Å². The fourth-order valence-corrected chi connectivity index (χ4v) is 3.10. The third kappa shape index (κ3) is 2.78. The maximum absolute atomic E-state index is 13.4. The standard InChI is InChI=1S/C15H14ClFN2O2/c16-10-5-9(6-11(17)7-10)13-18-14(20)12(15(21)19-13)8-3-1-2-4-8/h5-8H,1-4H2,(H2,18,19,20,21). The molecule has 0 saturated heterocycles. The lowest BCUT2D eigenvalue weighted by atomic mass is 10.00.